The van der Waals surface area contributed by atoms with Crippen LogP contribution in [0.15, 0.2) is 30.3 Å². The molecule has 154 valence electrons. The van der Waals surface area contributed by atoms with E-state index in [1.165, 1.54) is 0 Å². The summed E-state index contributed by atoms with van der Waals surface area (Å²) in [5.74, 6) is 1.39. The molecule has 2 N–H and O–H groups in total. The molecule has 0 saturated carbocycles. The van der Waals surface area contributed by atoms with Gasteiger partial charge < -0.3 is 19.9 Å². The quantitative estimate of drug-likeness (QED) is 0.646. The van der Waals surface area contributed by atoms with Crippen LogP contribution in [0.3, 0.4) is 0 Å². The monoisotopic (exact) mass is 413 g/mol. The standard InChI is InChI=1S/C21H27N5O2S/c1-14-12-28-7-6-26(14)21-9-15(13-29(3)27)8-19(25-21)18-5-4-17-20(24-18)10-16(23-17)11-22-2/h4-5,8-10,14,22-23H,6-7,11-13H2,1-3H3/t14-,29?/m0/s1. The first-order chi connectivity index (χ1) is 14.0. The number of morpholine rings is 1. The lowest BCUT2D eigenvalue weighted by molar-refractivity contribution is 0.0985. The van der Waals surface area contributed by atoms with Crippen molar-refractivity contribution in [2.24, 2.45) is 0 Å². The molecule has 7 nitrogen and oxygen atoms in total. The molecule has 0 spiro atoms. The van der Waals surface area contributed by atoms with Crippen molar-refractivity contribution in [1.29, 1.82) is 0 Å². The van der Waals surface area contributed by atoms with Crippen LogP contribution >= 0.6 is 0 Å². The molecule has 8 heteroatoms. The highest BCUT2D eigenvalue weighted by molar-refractivity contribution is 7.83. The van der Waals surface area contributed by atoms with Crippen molar-refractivity contribution in [3.05, 3.63) is 41.6 Å². The first kappa shape index (κ1) is 20.0. The topological polar surface area (TPSA) is 83.1 Å². The molecule has 0 radical (unpaired) electrons. The number of aromatic nitrogens is 3. The Labute approximate surface area is 173 Å². The van der Waals surface area contributed by atoms with Gasteiger partial charge in [0.05, 0.1) is 41.7 Å². The molecule has 1 saturated heterocycles. The summed E-state index contributed by atoms with van der Waals surface area (Å²) < 4.78 is 17.5. The third kappa shape index (κ3) is 4.49. The summed E-state index contributed by atoms with van der Waals surface area (Å²) in [5.41, 5.74) is 5.65. The lowest BCUT2D eigenvalue weighted by atomic mass is 10.1. The summed E-state index contributed by atoms with van der Waals surface area (Å²) in [5, 5.41) is 3.15. The minimum Gasteiger partial charge on any atom is -0.377 e. The van der Waals surface area contributed by atoms with Crippen molar-refractivity contribution in [3.63, 3.8) is 0 Å². The largest absolute Gasteiger partial charge is 0.377 e. The summed E-state index contributed by atoms with van der Waals surface area (Å²) in [4.78, 5) is 15.4. The van der Waals surface area contributed by atoms with Crippen LogP contribution in [-0.2, 0) is 27.8 Å². The maximum atomic E-state index is 11.9. The van der Waals surface area contributed by atoms with Crippen molar-refractivity contribution in [2.45, 2.75) is 25.3 Å². The number of fused-ring (bicyclic) bond motifs is 1. The summed E-state index contributed by atoms with van der Waals surface area (Å²) in [7, 11) is 0.994. The van der Waals surface area contributed by atoms with E-state index in [4.69, 9.17) is 14.7 Å². The van der Waals surface area contributed by atoms with Gasteiger partial charge in [-0.05, 0) is 49.9 Å². The summed E-state index contributed by atoms with van der Waals surface area (Å²) in [6.07, 6.45) is 1.73. The fourth-order valence-corrected chi connectivity index (χ4v) is 4.36. The van der Waals surface area contributed by atoms with E-state index in [0.29, 0.717) is 19.0 Å². The Balaban J connectivity index is 1.76. The molecule has 3 aromatic rings. The van der Waals surface area contributed by atoms with Crippen molar-refractivity contribution in [1.82, 2.24) is 20.3 Å². The zero-order chi connectivity index (χ0) is 20.4. The van der Waals surface area contributed by atoms with Crippen LogP contribution in [0.25, 0.3) is 22.4 Å². The number of anilines is 1. The Hall–Kier alpha value is -2.29. The zero-order valence-corrected chi connectivity index (χ0v) is 17.9. The highest BCUT2D eigenvalue weighted by Crippen LogP contribution is 2.26. The molecular weight excluding hydrogens is 386 g/mol. The first-order valence-electron chi connectivity index (χ1n) is 9.82. The fraction of sp³-hybridized carbons (Fsp3) is 0.429. The maximum absolute atomic E-state index is 11.9. The highest BCUT2D eigenvalue weighted by atomic mass is 32.2. The van der Waals surface area contributed by atoms with E-state index < -0.39 is 10.8 Å². The second kappa shape index (κ2) is 8.61. The number of pyridine rings is 2. The maximum Gasteiger partial charge on any atom is 0.130 e. The summed E-state index contributed by atoms with van der Waals surface area (Å²) >= 11 is 0. The number of hydrogen-bond acceptors (Lipinski definition) is 6. The number of rotatable bonds is 6. The Morgan fingerprint density at radius 2 is 2.14 bits per heavy atom. The molecule has 1 fully saturated rings. The third-order valence-electron chi connectivity index (χ3n) is 5.06. The molecule has 29 heavy (non-hydrogen) atoms. The van der Waals surface area contributed by atoms with Crippen LogP contribution in [0.1, 0.15) is 18.2 Å². The molecule has 3 aromatic heterocycles. The average molecular weight is 414 g/mol. The zero-order valence-electron chi connectivity index (χ0n) is 17.1. The minimum atomic E-state index is -0.928. The SMILES string of the molecule is CNCc1cc2nc(-c3cc(CS(C)=O)cc(N4CCOC[C@@H]4C)n3)ccc2[nH]1. The first-order valence-corrected chi connectivity index (χ1v) is 11.5. The number of nitrogens with one attached hydrogen (secondary N) is 2. The van der Waals surface area contributed by atoms with E-state index in [-0.39, 0.29) is 6.04 Å². The van der Waals surface area contributed by atoms with Crippen LogP contribution in [0.4, 0.5) is 5.82 Å². The molecule has 0 aromatic carbocycles. The van der Waals surface area contributed by atoms with Gasteiger partial charge in [-0.2, -0.15) is 0 Å². The predicted molar refractivity (Wildman–Crippen MR) is 117 cm³/mol. The highest BCUT2D eigenvalue weighted by Gasteiger charge is 2.21. The second-order valence-corrected chi connectivity index (χ2v) is 8.94. The number of H-pyrrole nitrogens is 1. The van der Waals surface area contributed by atoms with Crippen molar-refractivity contribution in [2.75, 3.05) is 38.0 Å². The molecule has 1 aliphatic rings. The van der Waals surface area contributed by atoms with Gasteiger partial charge in [0, 0.05) is 41.6 Å². The van der Waals surface area contributed by atoms with E-state index in [9.17, 15) is 4.21 Å². The van der Waals surface area contributed by atoms with Gasteiger partial charge in [-0.1, -0.05) is 0 Å². The second-order valence-electron chi connectivity index (χ2n) is 7.51. The lowest BCUT2D eigenvalue weighted by Gasteiger charge is -2.34. The predicted octanol–water partition coefficient (Wildman–Crippen LogP) is 2.45. The Morgan fingerprint density at radius 1 is 1.28 bits per heavy atom. The van der Waals surface area contributed by atoms with Crippen molar-refractivity contribution < 1.29 is 8.95 Å². The van der Waals surface area contributed by atoms with Gasteiger partial charge in [0.1, 0.15) is 5.82 Å². The van der Waals surface area contributed by atoms with Crippen LogP contribution in [0, 0.1) is 0 Å². The van der Waals surface area contributed by atoms with Gasteiger partial charge in [0.25, 0.3) is 0 Å². The van der Waals surface area contributed by atoms with Crippen molar-refractivity contribution >= 4 is 27.7 Å². The van der Waals surface area contributed by atoms with E-state index >= 15 is 0 Å². The number of nitrogens with zero attached hydrogens (tertiary/aromatic N) is 3. The fourth-order valence-electron chi connectivity index (χ4n) is 3.73. The molecule has 2 atom stereocenters. The normalized spacial score (nSPS) is 18.3. The molecule has 0 aliphatic carbocycles. The van der Waals surface area contributed by atoms with Gasteiger partial charge >= 0.3 is 0 Å². The third-order valence-corrected chi connectivity index (χ3v) is 5.80. The number of hydrogen-bond donors (Lipinski definition) is 2. The van der Waals surface area contributed by atoms with E-state index in [2.05, 4.69) is 28.2 Å². The van der Waals surface area contributed by atoms with Crippen LogP contribution in [0.5, 0.6) is 0 Å². The smallest absolute Gasteiger partial charge is 0.130 e. The summed E-state index contributed by atoms with van der Waals surface area (Å²) in [6, 6.07) is 10.4. The van der Waals surface area contributed by atoms with Crippen LogP contribution in [-0.4, -0.2) is 58.3 Å². The summed E-state index contributed by atoms with van der Waals surface area (Å²) in [6.45, 7) is 5.07. The van der Waals surface area contributed by atoms with Crippen LogP contribution < -0.4 is 10.2 Å². The van der Waals surface area contributed by atoms with Gasteiger partial charge in [-0.25, -0.2) is 9.97 Å². The average Bonchev–Trinajstić information content (AvgIpc) is 3.09. The Kier molecular flexibility index (Phi) is 5.94. The van der Waals surface area contributed by atoms with Gasteiger partial charge in [0.15, 0.2) is 0 Å². The van der Waals surface area contributed by atoms with Gasteiger partial charge in [-0.15, -0.1) is 0 Å². The molecular formula is C21H27N5O2S. The number of aromatic amines is 1. The lowest BCUT2D eigenvalue weighted by Crippen LogP contribution is -2.44. The van der Waals surface area contributed by atoms with Gasteiger partial charge in [0.2, 0.25) is 0 Å². The molecule has 1 unspecified atom stereocenters. The molecule has 1 aliphatic heterocycles. The number of ether oxygens (including phenoxy) is 1. The van der Waals surface area contributed by atoms with Crippen LogP contribution in [0.2, 0.25) is 0 Å². The minimum absolute atomic E-state index is 0.246. The molecule has 4 rings (SSSR count). The van der Waals surface area contributed by atoms with E-state index in [0.717, 1.165) is 52.6 Å². The Morgan fingerprint density at radius 3 is 2.90 bits per heavy atom. The van der Waals surface area contributed by atoms with E-state index in [1.54, 1.807) is 6.26 Å². The van der Waals surface area contributed by atoms with Crippen molar-refractivity contribution in [3.8, 4) is 11.4 Å². The molecule has 0 bridgehead atoms. The van der Waals surface area contributed by atoms with Gasteiger partial charge in [-0.3, -0.25) is 4.21 Å². The van der Waals surface area contributed by atoms with E-state index in [1.807, 2.05) is 31.3 Å². The Bertz CT molecular complexity index is 1040. The molecule has 0 amide bonds. The molecule has 4 heterocycles.